The normalized spacial score (nSPS) is 13.0. The van der Waals surface area contributed by atoms with Crippen molar-refractivity contribution in [2.75, 3.05) is 0 Å². The molecule has 0 aliphatic carbocycles. The zero-order chi connectivity index (χ0) is 10.3. The molecule has 1 unspecified atom stereocenters. The van der Waals surface area contributed by atoms with Crippen LogP contribution in [0, 0.1) is 0 Å². The monoisotopic (exact) mass is 187 g/mol. The van der Waals surface area contributed by atoms with Crippen LogP contribution in [0.2, 0.25) is 0 Å². The molecule has 4 N–H and O–H groups in total. The van der Waals surface area contributed by atoms with E-state index in [9.17, 15) is 9.59 Å². The van der Waals surface area contributed by atoms with Crippen molar-refractivity contribution >= 4 is 11.9 Å². The second kappa shape index (κ2) is 6.19. The first kappa shape index (κ1) is 11.6. The van der Waals surface area contributed by atoms with E-state index < -0.39 is 18.0 Å². The van der Waals surface area contributed by atoms with Gasteiger partial charge >= 0.3 is 11.9 Å². The van der Waals surface area contributed by atoms with Gasteiger partial charge in [0.15, 0.2) is 0 Å². The van der Waals surface area contributed by atoms with E-state index in [4.69, 9.17) is 15.9 Å². The van der Waals surface area contributed by atoms with E-state index in [1.807, 2.05) is 0 Å². The van der Waals surface area contributed by atoms with Crippen molar-refractivity contribution in [2.45, 2.75) is 25.3 Å². The highest BCUT2D eigenvalue weighted by Crippen LogP contribution is 1.95. The average molecular weight is 187 g/mol. The number of carboxylic acids is 2. The van der Waals surface area contributed by atoms with Gasteiger partial charge < -0.3 is 15.9 Å². The summed E-state index contributed by atoms with van der Waals surface area (Å²) in [5.74, 6) is -1.92. The summed E-state index contributed by atoms with van der Waals surface area (Å²) in [7, 11) is 0. The highest BCUT2D eigenvalue weighted by atomic mass is 16.4. The van der Waals surface area contributed by atoms with Crippen molar-refractivity contribution in [1.29, 1.82) is 0 Å². The third-order valence-corrected chi connectivity index (χ3v) is 1.40. The molecule has 0 aliphatic heterocycles. The summed E-state index contributed by atoms with van der Waals surface area (Å²) < 4.78 is 0. The second-order valence-corrected chi connectivity index (χ2v) is 2.58. The predicted octanol–water partition coefficient (Wildman–Crippen LogP) is 0.209. The molecule has 0 aromatic rings. The maximum atomic E-state index is 10.2. The Morgan fingerprint density at radius 1 is 1.31 bits per heavy atom. The van der Waals surface area contributed by atoms with Gasteiger partial charge in [-0.3, -0.25) is 9.59 Å². The van der Waals surface area contributed by atoms with Crippen LogP contribution >= 0.6 is 0 Å². The van der Waals surface area contributed by atoms with Crippen LogP contribution in [0.1, 0.15) is 19.3 Å². The van der Waals surface area contributed by atoms with E-state index in [-0.39, 0.29) is 12.8 Å². The van der Waals surface area contributed by atoms with E-state index in [0.29, 0.717) is 6.42 Å². The Bertz CT molecular complexity index is 212. The summed E-state index contributed by atoms with van der Waals surface area (Å²) in [6.45, 7) is 0. The molecule has 0 bridgehead atoms. The smallest absolute Gasteiger partial charge is 0.320 e. The van der Waals surface area contributed by atoms with Crippen molar-refractivity contribution in [3.63, 3.8) is 0 Å². The van der Waals surface area contributed by atoms with Gasteiger partial charge in [-0.05, 0) is 12.8 Å². The Kier molecular flexibility index (Phi) is 5.54. The summed E-state index contributed by atoms with van der Waals surface area (Å²) >= 11 is 0. The van der Waals surface area contributed by atoms with Gasteiger partial charge in [0.1, 0.15) is 6.04 Å². The van der Waals surface area contributed by atoms with Gasteiger partial charge in [0.25, 0.3) is 0 Å². The van der Waals surface area contributed by atoms with E-state index in [2.05, 4.69) is 0 Å². The number of rotatable bonds is 6. The standard InChI is InChI=1S/C8H13NO4/c9-6(8(12)13)4-2-1-3-5-7(10)11/h1-2,6H,3-5,9H2,(H,10,11)(H,12,13)/b2-1+. The molecule has 1 atom stereocenters. The third-order valence-electron chi connectivity index (χ3n) is 1.40. The van der Waals surface area contributed by atoms with Gasteiger partial charge in [-0.1, -0.05) is 12.2 Å². The Morgan fingerprint density at radius 2 is 1.92 bits per heavy atom. The molecule has 0 saturated heterocycles. The average Bonchev–Trinajstić information content (AvgIpc) is 2.02. The molecular weight excluding hydrogens is 174 g/mol. The molecule has 0 aromatic heterocycles. The highest BCUT2D eigenvalue weighted by molar-refractivity contribution is 5.73. The van der Waals surface area contributed by atoms with Crippen LogP contribution in [0.3, 0.4) is 0 Å². The second-order valence-electron chi connectivity index (χ2n) is 2.58. The van der Waals surface area contributed by atoms with E-state index in [1.54, 1.807) is 12.2 Å². The molecule has 5 nitrogen and oxygen atoms in total. The minimum atomic E-state index is -1.05. The molecule has 0 saturated carbocycles. The van der Waals surface area contributed by atoms with Crippen molar-refractivity contribution in [2.24, 2.45) is 5.73 Å². The largest absolute Gasteiger partial charge is 0.481 e. The zero-order valence-electron chi connectivity index (χ0n) is 7.14. The predicted molar refractivity (Wildman–Crippen MR) is 46.2 cm³/mol. The molecule has 0 spiro atoms. The summed E-state index contributed by atoms with van der Waals surface area (Å²) in [4.78, 5) is 20.3. The quantitative estimate of drug-likeness (QED) is 0.516. The Hall–Kier alpha value is -1.36. The van der Waals surface area contributed by atoms with E-state index in [0.717, 1.165) is 0 Å². The lowest BCUT2D eigenvalue weighted by atomic mass is 10.2. The third kappa shape index (κ3) is 7.02. The molecule has 0 aliphatic rings. The first-order chi connectivity index (χ1) is 6.04. The highest BCUT2D eigenvalue weighted by Gasteiger charge is 2.07. The summed E-state index contributed by atoms with van der Waals surface area (Å²) in [6.07, 6.45) is 3.90. The van der Waals surface area contributed by atoms with Crippen molar-refractivity contribution in [3.8, 4) is 0 Å². The van der Waals surface area contributed by atoms with Crippen LogP contribution in [0.4, 0.5) is 0 Å². The fraction of sp³-hybridized carbons (Fsp3) is 0.500. The number of allylic oxidation sites excluding steroid dienone is 1. The van der Waals surface area contributed by atoms with Crippen LogP contribution in [0.5, 0.6) is 0 Å². The van der Waals surface area contributed by atoms with Gasteiger partial charge in [0, 0.05) is 6.42 Å². The van der Waals surface area contributed by atoms with Gasteiger partial charge in [-0.2, -0.15) is 0 Å². The van der Waals surface area contributed by atoms with Gasteiger partial charge in [0.2, 0.25) is 0 Å². The topological polar surface area (TPSA) is 101 Å². The maximum Gasteiger partial charge on any atom is 0.320 e. The summed E-state index contributed by atoms with van der Waals surface area (Å²) in [5.41, 5.74) is 5.19. The van der Waals surface area contributed by atoms with Crippen LogP contribution in [0.15, 0.2) is 12.2 Å². The van der Waals surface area contributed by atoms with Crippen molar-refractivity contribution in [3.05, 3.63) is 12.2 Å². The molecule has 5 heteroatoms. The lowest BCUT2D eigenvalue weighted by Gasteiger charge is -1.99. The summed E-state index contributed by atoms with van der Waals surface area (Å²) in [6, 6.07) is -0.902. The maximum absolute atomic E-state index is 10.2. The first-order valence-corrected chi connectivity index (χ1v) is 3.89. The zero-order valence-corrected chi connectivity index (χ0v) is 7.14. The summed E-state index contributed by atoms with van der Waals surface area (Å²) in [5, 5.41) is 16.6. The molecule has 0 heterocycles. The lowest BCUT2D eigenvalue weighted by Crippen LogP contribution is -2.29. The van der Waals surface area contributed by atoms with Crippen LogP contribution < -0.4 is 5.73 Å². The number of carbonyl (C=O) groups is 2. The molecule has 0 rings (SSSR count). The number of nitrogens with two attached hydrogens (primary N) is 1. The number of aliphatic carboxylic acids is 2. The minimum Gasteiger partial charge on any atom is -0.481 e. The van der Waals surface area contributed by atoms with Gasteiger partial charge in [0.05, 0.1) is 0 Å². The number of hydrogen-bond donors (Lipinski definition) is 3. The van der Waals surface area contributed by atoms with Gasteiger partial charge in [-0.15, -0.1) is 0 Å². The number of carboxylic acid groups (broad SMARTS) is 2. The van der Waals surface area contributed by atoms with Crippen LogP contribution in [0.25, 0.3) is 0 Å². The molecule has 13 heavy (non-hydrogen) atoms. The van der Waals surface area contributed by atoms with Crippen molar-refractivity contribution in [1.82, 2.24) is 0 Å². The Balaban J connectivity index is 3.52. The molecule has 0 amide bonds. The molecule has 74 valence electrons. The lowest BCUT2D eigenvalue weighted by molar-refractivity contribution is -0.138. The molecular formula is C8H13NO4. The van der Waals surface area contributed by atoms with Crippen LogP contribution in [-0.4, -0.2) is 28.2 Å². The van der Waals surface area contributed by atoms with Crippen molar-refractivity contribution < 1.29 is 19.8 Å². The molecule has 0 radical (unpaired) electrons. The van der Waals surface area contributed by atoms with E-state index in [1.165, 1.54) is 0 Å². The van der Waals surface area contributed by atoms with E-state index >= 15 is 0 Å². The fourth-order valence-electron chi connectivity index (χ4n) is 0.668. The molecule has 0 aromatic carbocycles. The molecule has 0 fully saturated rings. The first-order valence-electron chi connectivity index (χ1n) is 3.89. The fourth-order valence-corrected chi connectivity index (χ4v) is 0.668. The van der Waals surface area contributed by atoms with Gasteiger partial charge in [-0.25, -0.2) is 0 Å². The Labute approximate surface area is 75.9 Å². The number of hydrogen-bond acceptors (Lipinski definition) is 3. The van der Waals surface area contributed by atoms with Crippen LogP contribution in [-0.2, 0) is 9.59 Å². The Morgan fingerprint density at radius 3 is 2.38 bits per heavy atom. The SMILES string of the molecule is NC(C/C=C/CCC(=O)O)C(=O)O. The minimum absolute atomic E-state index is 0.0544.